The Labute approximate surface area is 412 Å². The van der Waals surface area contributed by atoms with Crippen LogP contribution in [-0.4, -0.2) is 46.9 Å². The Hall–Kier alpha value is -3.74. The van der Waals surface area contributed by atoms with E-state index in [4.69, 9.17) is 4.74 Å². The van der Waals surface area contributed by atoms with Crippen LogP contribution in [0.5, 0.6) is 0 Å². The van der Waals surface area contributed by atoms with Gasteiger partial charge in [0.1, 0.15) is 6.10 Å². The molecule has 6 nitrogen and oxygen atoms in total. The predicted octanol–water partition coefficient (Wildman–Crippen LogP) is 16.8. The molecule has 0 rings (SSSR count). The molecule has 0 aliphatic heterocycles. The third kappa shape index (κ3) is 48.5. The number of nitrogens with one attached hydrogen (secondary N) is 1. The first-order valence-electron chi connectivity index (χ1n) is 27.3. The molecule has 0 radical (unpaired) electrons. The minimum atomic E-state index is -0.822. The van der Waals surface area contributed by atoms with Gasteiger partial charge in [0.15, 0.2) is 0 Å². The monoisotopic (exact) mass is 928 g/mol. The van der Waals surface area contributed by atoms with E-state index in [9.17, 15) is 19.8 Å². The van der Waals surface area contributed by atoms with Gasteiger partial charge in [0.25, 0.3) is 0 Å². The number of rotatable bonds is 47. The zero-order chi connectivity index (χ0) is 48.8. The van der Waals surface area contributed by atoms with E-state index in [1.807, 2.05) is 60.8 Å². The summed E-state index contributed by atoms with van der Waals surface area (Å²) >= 11 is 0. The fraction of sp³-hybridized carbons (Fsp3) is 0.639. The second kappa shape index (κ2) is 53.2. The van der Waals surface area contributed by atoms with Crippen molar-refractivity contribution in [2.24, 2.45) is 0 Å². The van der Waals surface area contributed by atoms with Gasteiger partial charge in [-0.1, -0.05) is 251 Å². The Kier molecular flexibility index (Phi) is 50.2. The number of hydrogen-bond acceptors (Lipinski definition) is 5. The highest BCUT2D eigenvalue weighted by Gasteiger charge is 2.24. The lowest BCUT2D eigenvalue weighted by Crippen LogP contribution is -2.46. The minimum Gasteiger partial charge on any atom is -0.462 e. The van der Waals surface area contributed by atoms with E-state index in [2.05, 4.69) is 86.8 Å². The Balaban J connectivity index is 4.77. The SMILES string of the molecule is CC\C=C/C=C/C=C/C=C\C=C\C=C\CCCC(CC(=O)NC(CO)C(O)CCCCCCCCCCCCCCCC)OC(=O)CCCCC/C=C\C/C=C\C/C=C\C/C=C\CCCCC. The maximum atomic E-state index is 13.2. The number of unbranched alkanes of at least 4 members (excludes halogenated alkanes) is 20. The number of ether oxygens (including phenoxy) is 1. The van der Waals surface area contributed by atoms with Crippen LogP contribution in [0.4, 0.5) is 0 Å². The lowest BCUT2D eigenvalue weighted by Gasteiger charge is -2.24. The van der Waals surface area contributed by atoms with Gasteiger partial charge in [-0.05, 0) is 83.5 Å². The fourth-order valence-corrected chi connectivity index (χ4v) is 7.57. The number of carbonyl (C=O) groups is 2. The van der Waals surface area contributed by atoms with Crippen LogP contribution >= 0.6 is 0 Å². The molecule has 3 unspecified atom stereocenters. The molecule has 0 saturated carbocycles. The van der Waals surface area contributed by atoms with Crippen LogP contribution in [0.1, 0.15) is 226 Å². The third-order valence-corrected chi connectivity index (χ3v) is 11.7. The van der Waals surface area contributed by atoms with Crippen LogP contribution in [0.15, 0.2) is 122 Å². The van der Waals surface area contributed by atoms with Crippen molar-refractivity contribution in [1.82, 2.24) is 5.32 Å². The Bertz CT molecular complexity index is 1410. The minimum absolute atomic E-state index is 0.00585. The standard InChI is InChI=1S/C61H101NO5/c1-4-7-10-13-16-19-22-25-28-29-30-31-33-36-39-42-45-48-51-54-61(66)67-57(52-49-46-43-40-37-34-32-26-23-20-17-14-11-8-5-2)55-60(65)62-58(56-63)59(64)53-50-47-44-41-38-35-27-24-21-18-15-12-9-6-3/h8,11,14,16-17,19-20,23,25-26,28,30-32,34,36-37,39-40,43,57-59,63-64H,4-7,9-10,12-13,15,18,21-22,24,27,29,33,35,38,41-42,44-56H2,1-3H3,(H,62,65)/b11-8-,17-14+,19-16-,23-20+,28-25-,31-30-,32-26-,37-34+,39-36-,43-40+. The number of aliphatic hydroxyl groups excluding tert-OH is 2. The zero-order valence-electron chi connectivity index (χ0n) is 43.2. The number of allylic oxidation sites excluding steroid dienone is 20. The van der Waals surface area contributed by atoms with E-state index in [0.717, 1.165) is 83.5 Å². The van der Waals surface area contributed by atoms with Crippen molar-refractivity contribution in [3.05, 3.63) is 122 Å². The van der Waals surface area contributed by atoms with Crippen LogP contribution in [0.25, 0.3) is 0 Å². The van der Waals surface area contributed by atoms with Crippen molar-refractivity contribution in [3.8, 4) is 0 Å². The molecule has 0 aromatic carbocycles. The lowest BCUT2D eigenvalue weighted by molar-refractivity contribution is -0.151. The first kappa shape index (κ1) is 63.3. The van der Waals surface area contributed by atoms with Gasteiger partial charge in [-0.3, -0.25) is 9.59 Å². The molecule has 1 amide bonds. The second-order valence-corrected chi connectivity index (χ2v) is 18.0. The molecular weight excluding hydrogens is 827 g/mol. The quantitative estimate of drug-likeness (QED) is 0.0245. The van der Waals surface area contributed by atoms with Crippen LogP contribution in [0.3, 0.4) is 0 Å². The van der Waals surface area contributed by atoms with Crippen LogP contribution in [0, 0.1) is 0 Å². The Morgan fingerprint density at radius 1 is 0.463 bits per heavy atom. The second-order valence-electron chi connectivity index (χ2n) is 18.0. The normalized spacial score (nSPS) is 14.2. The number of amides is 1. The summed E-state index contributed by atoms with van der Waals surface area (Å²) in [5, 5.41) is 23.8. The van der Waals surface area contributed by atoms with Crippen molar-refractivity contribution < 1.29 is 24.5 Å². The molecule has 0 fully saturated rings. The van der Waals surface area contributed by atoms with Crippen molar-refractivity contribution in [3.63, 3.8) is 0 Å². The molecule has 0 aliphatic rings. The van der Waals surface area contributed by atoms with E-state index in [0.29, 0.717) is 19.3 Å². The molecule has 67 heavy (non-hydrogen) atoms. The number of hydrogen-bond donors (Lipinski definition) is 3. The van der Waals surface area contributed by atoms with Crippen molar-refractivity contribution >= 4 is 11.9 Å². The highest BCUT2D eigenvalue weighted by Crippen LogP contribution is 2.16. The van der Waals surface area contributed by atoms with Crippen molar-refractivity contribution in [2.75, 3.05) is 6.61 Å². The Morgan fingerprint density at radius 2 is 0.881 bits per heavy atom. The molecule has 0 aromatic heterocycles. The molecule has 0 aliphatic carbocycles. The lowest BCUT2D eigenvalue weighted by atomic mass is 10.0. The van der Waals surface area contributed by atoms with Crippen LogP contribution in [-0.2, 0) is 14.3 Å². The first-order chi connectivity index (χ1) is 33.0. The number of carbonyl (C=O) groups excluding carboxylic acids is 2. The summed E-state index contributed by atoms with van der Waals surface area (Å²) in [6, 6.07) is -0.742. The van der Waals surface area contributed by atoms with Gasteiger partial charge in [-0.25, -0.2) is 0 Å². The van der Waals surface area contributed by atoms with Gasteiger partial charge in [0, 0.05) is 6.42 Å². The van der Waals surface area contributed by atoms with E-state index in [-0.39, 0.29) is 24.9 Å². The van der Waals surface area contributed by atoms with Crippen LogP contribution in [0.2, 0.25) is 0 Å². The molecule has 0 heterocycles. The largest absolute Gasteiger partial charge is 0.462 e. The van der Waals surface area contributed by atoms with Gasteiger partial charge >= 0.3 is 5.97 Å². The van der Waals surface area contributed by atoms with Crippen molar-refractivity contribution in [1.29, 1.82) is 0 Å². The summed E-state index contributed by atoms with van der Waals surface area (Å²) in [7, 11) is 0. The molecule has 3 atom stereocenters. The summed E-state index contributed by atoms with van der Waals surface area (Å²) in [6.45, 7) is 6.28. The molecule has 3 N–H and O–H groups in total. The third-order valence-electron chi connectivity index (χ3n) is 11.7. The maximum absolute atomic E-state index is 13.2. The molecule has 0 saturated heterocycles. The Morgan fingerprint density at radius 3 is 1.39 bits per heavy atom. The predicted molar refractivity (Wildman–Crippen MR) is 291 cm³/mol. The molecule has 0 spiro atoms. The van der Waals surface area contributed by atoms with Crippen LogP contribution < -0.4 is 5.32 Å². The summed E-state index contributed by atoms with van der Waals surface area (Å²) in [5.41, 5.74) is 0. The van der Waals surface area contributed by atoms with E-state index < -0.39 is 18.2 Å². The average Bonchev–Trinajstić information content (AvgIpc) is 3.32. The van der Waals surface area contributed by atoms with E-state index >= 15 is 0 Å². The molecular formula is C61H101NO5. The van der Waals surface area contributed by atoms with Gasteiger partial charge in [-0.15, -0.1) is 0 Å². The van der Waals surface area contributed by atoms with E-state index in [1.165, 1.54) is 96.3 Å². The van der Waals surface area contributed by atoms with Crippen molar-refractivity contribution in [2.45, 2.75) is 244 Å². The zero-order valence-corrected chi connectivity index (χ0v) is 43.2. The maximum Gasteiger partial charge on any atom is 0.306 e. The summed E-state index contributed by atoms with van der Waals surface area (Å²) < 4.78 is 5.89. The molecule has 0 bridgehead atoms. The van der Waals surface area contributed by atoms with Gasteiger partial charge in [0.05, 0.1) is 25.2 Å². The highest BCUT2D eigenvalue weighted by atomic mass is 16.5. The summed E-state index contributed by atoms with van der Waals surface area (Å²) in [4.78, 5) is 26.2. The fourth-order valence-electron chi connectivity index (χ4n) is 7.57. The number of aliphatic hydroxyl groups is 2. The molecule has 380 valence electrons. The first-order valence-corrected chi connectivity index (χ1v) is 27.3. The van der Waals surface area contributed by atoms with Gasteiger partial charge < -0.3 is 20.3 Å². The number of esters is 1. The topological polar surface area (TPSA) is 95.9 Å². The summed E-state index contributed by atoms with van der Waals surface area (Å²) in [6.07, 6.45) is 74.0. The highest BCUT2D eigenvalue weighted by molar-refractivity contribution is 5.77. The van der Waals surface area contributed by atoms with E-state index in [1.54, 1.807) is 0 Å². The van der Waals surface area contributed by atoms with Gasteiger partial charge in [-0.2, -0.15) is 0 Å². The van der Waals surface area contributed by atoms with Gasteiger partial charge in [0.2, 0.25) is 5.91 Å². The molecule has 6 heteroatoms. The smallest absolute Gasteiger partial charge is 0.306 e. The average molecular weight is 928 g/mol. The molecule has 0 aromatic rings. The summed E-state index contributed by atoms with van der Waals surface area (Å²) in [5.74, 6) is -0.595.